The Bertz CT molecular complexity index is 680. The van der Waals surface area contributed by atoms with E-state index in [1.165, 1.54) is 22.4 Å². The predicted molar refractivity (Wildman–Crippen MR) is 109 cm³/mol. The minimum Gasteiger partial charge on any atom is -0.370 e. The predicted octanol–water partition coefficient (Wildman–Crippen LogP) is 4.42. The number of aryl methyl sites for hydroxylation is 3. The van der Waals surface area contributed by atoms with Crippen molar-refractivity contribution in [2.75, 3.05) is 29.9 Å². The maximum atomic E-state index is 5.39. The van der Waals surface area contributed by atoms with Crippen molar-refractivity contribution in [3.8, 4) is 0 Å². The van der Waals surface area contributed by atoms with Crippen LogP contribution in [0.2, 0.25) is 0 Å². The molecule has 0 spiro atoms. The molecule has 3 nitrogen and oxygen atoms in total. The van der Waals surface area contributed by atoms with Crippen molar-refractivity contribution in [2.24, 2.45) is 0 Å². The summed E-state index contributed by atoms with van der Waals surface area (Å²) in [6.07, 6.45) is 0. The minimum atomic E-state index is 0.665. The number of nitrogens with one attached hydrogen (secondary N) is 2. The van der Waals surface area contributed by atoms with Gasteiger partial charge in [0.2, 0.25) is 0 Å². The van der Waals surface area contributed by atoms with Gasteiger partial charge in [-0.3, -0.25) is 0 Å². The zero-order valence-corrected chi connectivity index (χ0v) is 15.8. The molecule has 2 N–H and O–H groups in total. The number of likely N-dealkylation sites (N-methyl/N-ethyl adjacent to an activating group) is 1. The van der Waals surface area contributed by atoms with Crippen molar-refractivity contribution in [1.82, 2.24) is 5.32 Å². The molecule has 0 aliphatic heterocycles. The molecule has 2 aromatic rings. The Labute approximate surface area is 151 Å². The summed E-state index contributed by atoms with van der Waals surface area (Å²) in [5.74, 6) is 0. The maximum absolute atomic E-state index is 5.39. The Morgan fingerprint density at radius 1 is 1.00 bits per heavy atom. The lowest BCUT2D eigenvalue weighted by Gasteiger charge is -2.24. The lowest BCUT2D eigenvalue weighted by Crippen LogP contribution is -2.36. The average Bonchev–Trinajstić information content (AvgIpc) is 2.56. The van der Waals surface area contributed by atoms with Gasteiger partial charge in [-0.05, 0) is 75.3 Å². The Morgan fingerprint density at radius 3 is 2.33 bits per heavy atom. The third kappa shape index (κ3) is 5.24. The summed E-state index contributed by atoms with van der Waals surface area (Å²) in [6, 6.07) is 14.9. The van der Waals surface area contributed by atoms with Gasteiger partial charge in [0, 0.05) is 31.0 Å². The van der Waals surface area contributed by atoms with Crippen molar-refractivity contribution < 1.29 is 0 Å². The SMILES string of the molecule is CCN(CCNC(=S)Nc1ccc(C)c(C)c1)c1ccc(C)cc1. The number of nitrogens with zero attached hydrogens (tertiary/aromatic N) is 1. The summed E-state index contributed by atoms with van der Waals surface area (Å²) in [5, 5.41) is 7.21. The summed E-state index contributed by atoms with van der Waals surface area (Å²) >= 11 is 5.39. The number of hydrogen-bond donors (Lipinski definition) is 2. The zero-order chi connectivity index (χ0) is 17.5. The van der Waals surface area contributed by atoms with Gasteiger partial charge in [-0.25, -0.2) is 0 Å². The first kappa shape index (κ1) is 18.3. The van der Waals surface area contributed by atoms with Gasteiger partial charge in [-0.15, -0.1) is 0 Å². The van der Waals surface area contributed by atoms with Gasteiger partial charge in [0.1, 0.15) is 0 Å². The van der Waals surface area contributed by atoms with Crippen LogP contribution in [0.3, 0.4) is 0 Å². The molecule has 2 rings (SSSR count). The molecule has 4 heteroatoms. The normalized spacial score (nSPS) is 10.3. The Morgan fingerprint density at radius 2 is 1.71 bits per heavy atom. The molecule has 0 saturated carbocycles. The number of hydrogen-bond acceptors (Lipinski definition) is 2. The van der Waals surface area contributed by atoms with Crippen LogP contribution in [0.25, 0.3) is 0 Å². The summed E-state index contributed by atoms with van der Waals surface area (Å²) < 4.78 is 0. The summed E-state index contributed by atoms with van der Waals surface area (Å²) in [5.41, 5.74) is 6.11. The van der Waals surface area contributed by atoms with Crippen molar-refractivity contribution in [2.45, 2.75) is 27.7 Å². The Hall–Kier alpha value is -2.07. The molecule has 0 fully saturated rings. The van der Waals surface area contributed by atoms with E-state index in [4.69, 9.17) is 12.2 Å². The Kier molecular flexibility index (Phi) is 6.62. The first-order valence-corrected chi connectivity index (χ1v) is 8.84. The van der Waals surface area contributed by atoms with Gasteiger partial charge in [-0.2, -0.15) is 0 Å². The van der Waals surface area contributed by atoms with Crippen LogP contribution in [0.5, 0.6) is 0 Å². The molecule has 0 saturated heterocycles. The highest BCUT2D eigenvalue weighted by Crippen LogP contribution is 2.15. The van der Waals surface area contributed by atoms with Crippen LogP contribution >= 0.6 is 12.2 Å². The monoisotopic (exact) mass is 341 g/mol. The minimum absolute atomic E-state index is 0.665. The molecule has 0 radical (unpaired) electrons. The zero-order valence-electron chi connectivity index (χ0n) is 15.0. The smallest absolute Gasteiger partial charge is 0.170 e. The lowest BCUT2D eigenvalue weighted by atomic mass is 10.1. The fraction of sp³-hybridized carbons (Fsp3) is 0.350. The van der Waals surface area contributed by atoms with Gasteiger partial charge in [0.05, 0.1) is 0 Å². The van der Waals surface area contributed by atoms with Gasteiger partial charge in [-0.1, -0.05) is 23.8 Å². The highest BCUT2D eigenvalue weighted by Gasteiger charge is 2.04. The highest BCUT2D eigenvalue weighted by atomic mass is 32.1. The van der Waals surface area contributed by atoms with Crippen molar-refractivity contribution in [1.29, 1.82) is 0 Å². The van der Waals surface area contributed by atoms with Crippen LogP contribution in [0.15, 0.2) is 42.5 Å². The molecule has 0 heterocycles. The van der Waals surface area contributed by atoms with E-state index < -0.39 is 0 Å². The maximum Gasteiger partial charge on any atom is 0.170 e. The van der Waals surface area contributed by atoms with Crippen LogP contribution in [-0.4, -0.2) is 24.7 Å². The molecule has 0 aromatic heterocycles. The van der Waals surface area contributed by atoms with E-state index in [0.29, 0.717) is 5.11 Å². The van der Waals surface area contributed by atoms with Crippen LogP contribution < -0.4 is 15.5 Å². The first-order valence-electron chi connectivity index (χ1n) is 8.43. The number of rotatable bonds is 6. The van der Waals surface area contributed by atoms with Gasteiger partial charge in [0.25, 0.3) is 0 Å². The third-order valence-electron chi connectivity index (χ3n) is 4.21. The molecule has 128 valence electrons. The van der Waals surface area contributed by atoms with Crippen LogP contribution in [0, 0.1) is 20.8 Å². The number of benzene rings is 2. The van der Waals surface area contributed by atoms with Crippen molar-refractivity contribution in [3.63, 3.8) is 0 Å². The topological polar surface area (TPSA) is 27.3 Å². The molecule has 0 unspecified atom stereocenters. The average molecular weight is 342 g/mol. The van der Waals surface area contributed by atoms with E-state index in [1.54, 1.807) is 0 Å². The quantitative estimate of drug-likeness (QED) is 0.760. The van der Waals surface area contributed by atoms with E-state index in [2.05, 4.69) is 85.7 Å². The molecule has 2 aromatic carbocycles. The van der Waals surface area contributed by atoms with Gasteiger partial charge in [0.15, 0.2) is 5.11 Å². The number of anilines is 2. The highest BCUT2D eigenvalue weighted by molar-refractivity contribution is 7.80. The summed E-state index contributed by atoms with van der Waals surface area (Å²) in [6.45, 7) is 11.2. The van der Waals surface area contributed by atoms with Crippen LogP contribution in [0.4, 0.5) is 11.4 Å². The second-order valence-corrected chi connectivity index (χ2v) is 6.50. The molecule has 0 amide bonds. The fourth-order valence-corrected chi connectivity index (χ4v) is 2.74. The standard InChI is InChI=1S/C20H27N3S/c1-5-23(19-10-6-15(2)7-11-19)13-12-21-20(24)22-18-9-8-16(3)17(4)14-18/h6-11,14H,5,12-13H2,1-4H3,(H2,21,22,24). The molecule has 0 aliphatic carbocycles. The second kappa shape index (κ2) is 8.69. The van der Waals surface area contributed by atoms with Gasteiger partial charge >= 0.3 is 0 Å². The van der Waals surface area contributed by atoms with Crippen molar-refractivity contribution >= 4 is 28.7 Å². The molecule has 0 aliphatic rings. The third-order valence-corrected chi connectivity index (χ3v) is 4.46. The number of thiocarbonyl (C=S) groups is 1. The van der Waals surface area contributed by atoms with Crippen LogP contribution in [-0.2, 0) is 0 Å². The summed E-state index contributed by atoms with van der Waals surface area (Å²) in [4.78, 5) is 2.34. The summed E-state index contributed by atoms with van der Waals surface area (Å²) in [7, 11) is 0. The van der Waals surface area contributed by atoms with E-state index in [1.807, 2.05) is 0 Å². The fourth-order valence-electron chi connectivity index (χ4n) is 2.52. The molecular weight excluding hydrogens is 314 g/mol. The second-order valence-electron chi connectivity index (χ2n) is 6.10. The largest absolute Gasteiger partial charge is 0.370 e. The van der Waals surface area contributed by atoms with Gasteiger partial charge < -0.3 is 15.5 Å². The van der Waals surface area contributed by atoms with Crippen molar-refractivity contribution in [3.05, 3.63) is 59.2 Å². The van der Waals surface area contributed by atoms with E-state index in [0.717, 1.165) is 25.3 Å². The Balaban J connectivity index is 1.82. The van der Waals surface area contributed by atoms with Crippen LogP contribution in [0.1, 0.15) is 23.6 Å². The molecule has 24 heavy (non-hydrogen) atoms. The van der Waals surface area contributed by atoms with E-state index in [9.17, 15) is 0 Å². The molecular formula is C20H27N3S. The van der Waals surface area contributed by atoms with E-state index >= 15 is 0 Å². The lowest BCUT2D eigenvalue weighted by molar-refractivity contribution is 0.779. The molecule has 0 bridgehead atoms. The molecule has 0 atom stereocenters. The van der Waals surface area contributed by atoms with E-state index in [-0.39, 0.29) is 0 Å². The first-order chi connectivity index (χ1) is 11.5.